The molecule has 0 aliphatic rings. The predicted molar refractivity (Wildman–Crippen MR) is 72.4 cm³/mol. The van der Waals surface area contributed by atoms with Crippen molar-refractivity contribution < 1.29 is 0 Å². The minimum absolute atomic E-state index is 0.249. The maximum Gasteiger partial charge on any atom is 0.146 e. The van der Waals surface area contributed by atoms with Gasteiger partial charge in [-0.1, -0.05) is 23.7 Å². The fourth-order valence-corrected chi connectivity index (χ4v) is 1.84. The van der Waals surface area contributed by atoms with E-state index in [0.29, 0.717) is 6.54 Å². The van der Waals surface area contributed by atoms with E-state index in [-0.39, 0.29) is 6.04 Å². The summed E-state index contributed by atoms with van der Waals surface area (Å²) in [5.41, 5.74) is 1.21. The zero-order valence-corrected chi connectivity index (χ0v) is 11.6. The Bertz CT molecular complexity index is 518. The van der Waals surface area contributed by atoms with Crippen LogP contribution in [0.25, 0.3) is 0 Å². The molecule has 0 aliphatic heterocycles. The van der Waals surface area contributed by atoms with Gasteiger partial charge in [0.1, 0.15) is 11.6 Å². The fraction of sp³-hybridized carbons (Fsp3) is 0.385. The Balaban J connectivity index is 1.98. The number of hydrogen-bond acceptors (Lipinski definition) is 3. The van der Waals surface area contributed by atoms with E-state index in [9.17, 15) is 0 Å². The molecule has 0 aliphatic carbocycles. The molecule has 0 fully saturated rings. The van der Waals surface area contributed by atoms with Gasteiger partial charge >= 0.3 is 0 Å². The average molecular weight is 265 g/mol. The summed E-state index contributed by atoms with van der Waals surface area (Å²) >= 11 is 5.87. The van der Waals surface area contributed by atoms with Crippen LogP contribution < -0.4 is 5.32 Å². The Labute approximate surface area is 112 Å². The van der Waals surface area contributed by atoms with Gasteiger partial charge in [0.15, 0.2) is 0 Å². The van der Waals surface area contributed by atoms with E-state index in [1.807, 2.05) is 42.8 Å². The monoisotopic (exact) mass is 264 g/mol. The van der Waals surface area contributed by atoms with Crippen LogP contribution in [-0.4, -0.2) is 14.8 Å². The predicted octanol–water partition coefficient (Wildman–Crippen LogP) is 2.63. The Morgan fingerprint density at radius 1 is 1.28 bits per heavy atom. The second-order valence-electron chi connectivity index (χ2n) is 4.38. The number of benzene rings is 1. The normalized spacial score (nSPS) is 12.7. The van der Waals surface area contributed by atoms with Crippen LogP contribution >= 0.6 is 11.6 Å². The first-order valence-electron chi connectivity index (χ1n) is 5.91. The Hall–Kier alpha value is -1.39. The van der Waals surface area contributed by atoms with E-state index in [0.717, 1.165) is 16.7 Å². The van der Waals surface area contributed by atoms with Gasteiger partial charge < -0.3 is 9.88 Å². The van der Waals surface area contributed by atoms with Crippen molar-refractivity contribution >= 4 is 11.6 Å². The molecule has 2 rings (SSSR count). The third-order valence-corrected chi connectivity index (χ3v) is 3.37. The molecular formula is C13H17ClN4. The van der Waals surface area contributed by atoms with Crippen LogP contribution in [0.4, 0.5) is 0 Å². The molecule has 0 bridgehead atoms. The lowest BCUT2D eigenvalue weighted by molar-refractivity contribution is 0.547. The van der Waals surface area contributed by atoms with Crippen LogP contribution in [-0.2, 0) is 13.6 Å². The second kappa shape index (κ2) is 5.50. The molecule has 5 heteroatoms. The first kappa shape index (κ1) is 13.1. The summed E-state index contributed by atoms with van der Waals surface area (Å²) in [5, 5.41) is 12.3. The molecule has 1 atom stereocenters. The summed E-state index contributed by atoms with van der Waals surface area (Å²) in [6.07, 6.45) is 0. The van der Waals surface area contributed by atoms with Gasteiger partial charge in [-0.05, 0) is 31.5 Å². The molecule has 1 aromatic heterocycles. The topological polar surface area (TPSA) is 42.7 Å². The molecule has 0 amide bonds. The Morgan fingerprint density at radius 2 is 1.94 bits per heavy atom. The molecule has 18 heavy (non-hydrogen) atoms. The molecule has 1 heterocycles. The van der Waals surface area contributed by atoms with E-state index in [1.54, 1.807) is 0 Å². The number of aryl methyl sites for hydroxylation is 1. The number of aromatic nitrogens is 3. The minimum atomic E-state index is 0.249. The lowest BCUT2D eigenvalue weighted by Crippen LogP contribution is -2.20. The molecule has 4 nitrogen and oxygen atoms in total. The maximum atomic E-state index is 5.87. The summed E-state index contributed by atoms with van der Waals surface area (Å²) in [4.78, 5) is 0. The van der Waals surface area contributed by atoms with Gasteiger partial charge in [-0.2, -0.15) is 0 Å². The molecule has 1 aromatic carbocycles. The summed E-state index contributed by atoms with van der Waals surface area (Å²) in [6, 6.07) is 8.12. The van der Waals surface area contributed by atoms with Crippen molar-refractivity contribution in [1.82, 2.24) is 20.1 Å². The van der Waals surface area contributed by atoms with Crippen LogP contribution in [0, 0.1) is 6.92 Å². The lowest BCUT2D eigenvalue weighted by Gasteiger charge is -2.14. The first-order valence-corrected chi connectivity index (χ1v) is 6.29. The molecule has 0 saturated heterocycles. The molecule has 0 saturated carbocycles. The quantitative estimate of drug-likeness (QED) is 0.923. The number of nitrogens with zero attached hydrogens (tertiary/aromatic N) is 3. The van der Waals surface area contributed by atoms with Gasteiger partial charge in [0, 0.05) is 18.1 Å². The van der Waals surface area contributed by atoms with Crippen LogP contribution in [0.2, 0.25) is 5.02 Å². The molecule has 0 spiro atoms. The van der Waals surface area contributed by atoms with Gasteiger partial charge in [0.05, 0.1) is 6.54 Å². The SMILES string of the molecule is Cc1nnc(CNC(C)c2ccc(Cl)cc2)n1C. The highest BCUT2D eigenvalue weighted by molar-refractivity contribution is 6.30. The largest absolute Gasteiger partial charge is 0.317 e. The van der Waals surface area contributed by atoms with Crippen molar-refractivity contribution in [2.24, 2.45) is 7.05 Å². The van der Waals surface area contributed by atoms with Gasteiger partial charge in [0.2, 0.25) is 0 Å². The van der Waals surface area contributed by atoms with Crippen LogP contribution in [0.15, 0.2) is 24.3 Å². The van der Waals surface area contributed by atoms with E-state index in [1.165, 1.54) is 5.56 Å². The summed E-state index contributed by atoms with van der Waals surface area (Å²) < 4.78 is 1.99. The fourth-order valence-electron chi connectivity index (χ4n) is 1.72. The van der Waals surface area contributed by atoms with Crippen molar-refractivity contribution in [2.45, 2.75) is 26.4 Å². The van der Waals surface area contributed by atoms with Gasteiger partial charge in [-0.3, -0.25) is 0 Å². The van der Waals surface area contributed by atoms with Crippen molar-refractivity contribution in [3.63, 3.8) is 0 Å². The molecule has 2 aromatic rings. The Kier molecular flexibility index (Phi) is 3.99. The third-order valence-electron chi connectivity index (χ3n) is 3.12. The number of halogens is 1. The van der Waals surface area contributed by atoms with E-state index < -0.39 is 0 Å². The summed E-state index contributed by atoms with van der Waals surface area (Å²) in [7, 11) is 1.97. The van der Waals surface area contributed by atoms with Crippen molar-refractivity contribution in [3.8, 4) is 0 Å². The summed E-state index contributed by atoms with van der Waals surface area (Å²) in [6.45, 7) is 4.76. The highest BCUT2D eigenvalue weighted by Crippen LogP contribution is 2.16. The molecular weight excluding hydrogens is 248 g/mol. The number of hydrogen-bond donors (Lipinski definition) is 1. The van der Waals surface area contributed by atoms with E-state index in [2.05, 4.69) is 22.4 Å². The number of rotatable bonds is 4. The van der Waals surface area contributed by atoms with Crippen LogP contribution in [0.3, 0.4) is 0 Å². The maximum absolute atomic E-state index is 5.87. The zero-order valence-electron chi connectivity index (χ0n) is 10.8. The average Bonchev–Trinajstić information content (AvgIpc) is 2.68. The minimum Gasteiger partial charge on any atom is -0.317 e. The van der Waals surface area contributed by atoms with Crippen molar-refractivity contribution in [2.75, 3.05) is 0 Å². The van der Waals surface area contributed by atoms with Crippen molar-refractivity contribution in [3.05, 3.63) is 46.5 Å². The lowest BCUT2D eigenvalue weighted by atomic mass is 10.1. The van der Waals surface area contributed by atoms with Gasteiger partial charge in [-0.25, -0.2) is 0 Å². The van der Waals surface area contributed by atoms with Gasteiger partial charge in [0.25, 0.3) is 0 Å². The van der Waals surface area contributed by atoms with E-state index >= 15 is 0 Å². The molecule has 1 N–H and O–H groups in total. The first-order chi connectivity index (χ1) is 8.58. The van der Waals surface area contributed by atoms with Crippen LogP contribution in [0.5, 0.6) is 0 Å². The molecule has 96 valence electrons. The van der Waals surface area contributed by atoms with Gasteiger partial charge in [-0.15, -0.1) is 10.2 Å². The second-order valence-corrected chi connectivity index (χ2v) is 4.81. The molecule has 1 unspecified atom stereocenters. The third kappa shape index (κ3) is 2.89. The van der Waals surface area contributed by atoms with E-state index in [4.69, 9.17) is 11.6 Å². The standard InChI is InChI=1S/C13H17ClN4/c1-9(11-4-6-12(14)7-5-11)15-8-13-17-16-10(2)18(13)3/h4-7,9,15H,8H2,1-3H3. The summed E-state index contributed by atoms with van der Waals surface area (Å²) in [5.74, 6) is 1.86. The smallest absolute Gasteiger partial charge is 0.146 e. The molecule has 0 radical (unpaired) electrons. The zero-order chi connectivity index (χ0) is 13.1. The number of nitrogens with one attached hydrogen (secondary N) is 1. The van der Waals surface area contributed by atoms with Crippen LogP contribution in [0.1, 0.15) is 30.2 Å². The Morgan fingerprint density at radius 3 is 2.50 bits per heavy atom. The van der Waals surface area contributed by atoms with Crippen molar-refractivity contribution in [1.29, 1.82) is 0 Å². The highest BCUT2D eigenvalue weighted by Gasteiger charge is 2.08. The highest BCUT2D eigenvalue weighted by atomic mass is 35.5.